The molecule has 0 spiro atoms. The minimum Gasteiger partial charge on any atom is -0.390 e. The first-order chi connectivity index (χ1) is 6.30. The Hall–Kier alpha value is -0.450. The van der Waals surface area contributed by atoms with Crippen LogP contribution in [0.2, 0.25) is 0 Å². The fraction of sp³-hybridized carbons (Fsp3) is 0.667. The number of hydrogen-bond donors (Lipinski definition) is 1. The van der Waals surface area contributed by atoms with Crippen LogP contribution in [0.1, 0.15) is 24.5 Å². The highest BCUT2D eigenvalue weighted by molar-refractivity contribution is 7.09. The number of aromatic nitrogens is 1. The van der Waals surface area contributed by atoms with Crippen LogP contribution in [0.15, 0.2) is 5.38 Å². The first-order valence-corrected chi connectivity index (χ1v) is 5.44. The fourth-order valence-corrected chi connectivity index (χ4v) is 1.96. The number of nitrogens with zero attached hydrogens (tertiary/aromatic N) is 2. The van der Waals surface area contributed by atoms with Gasteiger partial charge >= 0.3 is 0 Å². The Morgan fingerprint density at radius 2 is 2.15 bits per heavy atom. The van der Waals surface area contributed by atoms with E-state index in [1.807, 2.05) is 5.38 Å². The van der Waals surface area contributed by atoms with Gasteiger partial charge in [-0.2, -0.15) is 0 Å². The maximum atomic E-state index is 8.83. The fourth-order valence-electron chi connectivity index (χ4n) is 1.13. The van der Waals surface area contributed by atoms with Crippen molar-refractivity contribution in [3.05, 3.63) is 16.1 Å². The van der Waals surface area contributed by atoms with Crippen molar-refractivity contribution in [1.82, 2.24) is 9.88 Å². The zero-order chi connectivity index (χ0) is 9.68. The molecule has 1 aromatic rings. The van der Waals surface area contributed by atoms with Gasteiger partial charge in [0, 0.05) is 5.38 Å². The molecule has 1 N–H and O–H groups in total. The van der Waals surface area contributed by atoms with Gasteiger partial charge < -0.3 is 5.11 Å². The van der Waals surface area contributed by atoms with Crippen LogP contribution in [-0.2, 0) is 13.2 Å². The minimum absolute atomic E-state index is 0.0503. The van der Waals surface area contributed by atoms with Gasteiger partial charge in [0.1, 0.15) is 5.01 Å². The molecule has 13 heavy (non-hydrogen) atoms. The van der Waals surface area contributed by atoms with E-state index < -0.39 is 0 Å². The van der Waals surface area contributed by atoms with Gasteiger partial charge in [-0.05, 0) is 13.1 Å². The third kappa shape index (κ3) is 3.06. The van der Waals surface area contributed by atoms with Gasteiger partial charge in [-0.25, -0.2) is 4.98 Å². The highest BCUT2D eigenvalue weighted by Gasteiger charge is 2.04. The van der Waals surface area contributed by atoms with Crippen molar-refractivity contribution in [2.45, 2.75) is 27.0 Å². The molecule has 0 atom stereocenters. The van der Waals surface area contributed by atoms with Crippen molar-refractivity contribution in [2.75, 3.05) is 13.1 Å². The van der Waals surface area contributed by atoms with Crippen molar-refractivity contribution >= 4 is 11.3 Å². The molecular weight excluding hydrogens is 184 g/mol. The van der Waals surface area contributed by atoms with E-state index in [1.165, 1.54) is 0 Å². The normalized spacial score (nSPS) is 11.1. The van der Waals surface area contributed by atoms with Gasteiger partial charge in [-0.3, -0.25) is 4.90 Å². The molecule has 1 rings (SSSR count). The van der Waals surface area contributed by atoms with E-state index in [-0.39, 0.29) is 6.61 Å². The Morgan fingerprint density at radius 3 is 2.62 bits per heavy atom. The standard InChI is InChI=1S/C9H16N2OS/c1-3-11(4-2)5-9-10-8(6-12)7-13-9/h7,12H,3-6H2,1-2H3. The smallest absolute Gasteiger partial charge is 0.107 e. The summed E-state index contributed by atoms with van der Waals surface area (Å²) in [4.78, 5) is 6.60. The SMILES string of the molecule is CCN(CC)Cc1nc(CO)cs1. The average molecular weight is 200 g/mol. The Morgan fingerprint density at radius 1 is 1.46 bits per heavy atom. The van der Waals surface area contributed by atoms with Crippen LogP contribution in [0.3, 0.4) is 0 Å². The van der Waals surface area contributed by atoms with Crippen molar-refractivity contribution in [3.63, 3.8) is 0 Å². The topological polar surface area (TPSA) is 36.4 Å². The number of aliphatic hydroxyl groups excluding tert-OH is 1. The number of aliphatic hydroxyl groups is 1. The van der Waals surface area contributed by atoms with Crippen LogP contribution >= 0.6 is 11.3 Å². The third-order valence-corrected chi connectivity index (χ3v) is 2.90. The number of rotatable bonds is 5. The summed E-state index contributed by atoms with van der Waals surface area (Å²) in [6.45, 7) is 7.33. The van der Waals surface area contributed by atoms with Gasteiger partial charge in [-0.15, -0.1) is 11.3 Å². The Balaban J connectivity index is 2.52. The molecule has 0 fully saturated rings. The van der Waals surface area contributed by atoms with Crippen LogP contribution in [0, 0.1) is 0 Å². The molecule has 0 aromatic carbocycles. The molecule has 0 radical (unpaired) electrons. The van der Waals surface area contributed by atoms with E-state index in [2.05, 4.69) is 23.7 Å². The summed E-state index contributed by atoms with van der Waals surface area (Å²) < 4.78 is 0. The summed E-state index contributed by atoms with van der Waals surface area (Å²) in [6, 6.07) is 0. The molecule has 0 aliphatic heterocycles. The molecule has 0 saturated heterocycles. The van der Waals surface area contributed by atoms with Gasteiger partial charge in [0.15, 0.2) is 0 Å². The first kappa shape index (κ1) is 10.6. The summed E-state index contributed by atoms with van der Waals surface area (Å²) in [5.74, 6) is 0. The Kier molecular flexibility index (Phi) is 4.35. The second kappa shape index (κ2) is 5.32. The molecule has 1 aromatic heterocycles. The zero-order valence-electron chi connectivity index (χ0n) is 8.16. The highest BCUT2D eigenvalue weighted by atomic mass is 32.1. The van der Waals surface area contributed by atoms with Gasteiger partial charge in [-0.1, -0.05) is 13.8 Å². The van der Waals surface area contributed by atoms with E-state index in [9.17, 15) is 0 Å². The molecule has 0 saturated carbocycles. The molecular formula is C9H16N2OS. The van der Waals surface area contributed by atoms with Crippen molar-refractivity contribution in [1.29, 1.82) is 0 Å². The molecule has 0 aliphatic carbocycles. The van der Waals surface area contributed by atoms with Gasteiger partial charge in [0.2, 0.25) is 0 Å². The van der Waals surface area contributed by atoms with Crippen LogP contribution in [0.25, 0.3) is 0 Å². The summed E-state index contributed by atoms with van der Waals surface area (Å²) in [6.07, 6.45) is 0. The molecule has 1 heterocycles. The molecule has 0 unspecified atom stereocenters. The van der Waals surface area contributed by atoms with Crippen LogP contribution in [0.4, 0.5) is 0 Å². The lowest BCUT2D eigenvalue weighted by molar-refractivity contribution is 0.274. The van der Waals surface area contributed by atoms with E-state index in [4.69, 9.17) is 5.11 Å². The predicted octanol–water partition coefficient (Wildman–Crippen LogP) is 1.48. The minimum atomic E-state index is 0.0503. The molecule has 0 bridgehead atoms. The molecule has 0 amide bonds. The summed E-state index contributed by atoms with van der Waals surface area (Å²) in [5.41, 5.74) is 0.784. The van der Waals surface area contributed by atoms with E-state index >= 15 is 0 Å². The van der Waals surface area contributed by atoms with Crippen LogP contribution in [-0.4, -0.2) is 28.1 Å². The van der Waals surface area contributed by atoms with E-state index in [0.717, 1.165) is 30.3 Å². The Bertz CT molecular complexity index is 246. The zero-order valence-corrected chi connectivity index (χ0v) is 8.97. The van der Waals surface area contributed by atoms with Crippen molar-refractivity contribution in [3.8, 4) is 0 Å². The third-order valence-electron chi connectivity index (χ3n) is 2.01. The van der Waals surface area contributed by atoms with E-state index in [0.29, 0.717) is 0 Å². The number of thiazole rings is 1. The summed E-state index contributed by atoms with van der Waals surface area (Å²) in [5, 5.41) is 11.8. The predicted molar refractivity (Wildman–Crippen MR) is 54.7 cm³/mol. The lowest BCUT2D eigenvalue weighted by Gasteiger charge is -2.15. The maximum absolute atomic E-state index is 8.83. The maximum Gasteiger partial charge on any atom is 0.107 e. The Labute approximate surface area is 83.0 Å². The summed E-state index contributed by atoms with van der Waals surface area (Å²) in [7, 11) is 0. The second-order valence-electron chi connectivity index (χ2n) is 2.85. The lowest BCUT2D eigenvalue weighted by atomic mass is 10.5. The van der Waals surface area contributed by atoms with Crippen molar-refractivity contribution in [2.24, 2.45) is 0 Å². The largest absolute Gasteiger partial charge is 0.390 e. The average Bonchev–Trinajstić information content (AvgIpc) is 2.61. The lowest BCUT2D eigenvalue weighted by Crippen LogP contribution is -2.21. The molecule has 0 aliphatic rings. The highest BCUT2D eigenvalue weighted by Crippen LogP contribution is 2.11. The van der Waals surface area contributed by atoms with E-state index in [1.54, 1.807) is 11.3 Å². The molecule has 74 valence electrons. The van der Waals surface area contributed by atoms with Crippen molar-refractivity contribution < 1.29 is 5.11 Å². The number of hydrogen-bond acceptors (Lipinski definition) is 4. The first-order valence-electron chi connectivity index (χ1n) is 4.56. The quantitative estimate of drug-likeness (QED) is 0.782. The van der Waals surface area contributed by atoms with Gasteiger partial charge in [0.05, 0.1) is 18.8 Å². The second-order valence-corrected chi connectivity index (χ2v) is 3.79. The van der Waals surface area contributed by atoms with Gasteiger partial charge in [0.25, 0.3) is 0 Å². The molecule has 3 nitrogen and oxygen atoms in total. The van der Waals surface area contributed by atoms with Crippen LogP contribution in [0.5, 0.6) is 0 Å². The van der Waals surface area contributed by atoms with Crippen LogP contribution < -0.4 is 0 Å². The molecule has 4 heteroatoms. The monoisotopic (exact) mass is 200 g/mol. The summed E-state index contributed by atoms with van der Waals surface area (Å²) >= 11 is 1.62.